The molecule has 0 atom stereocenters. The van der Waals surface area contributed by atoms with Crippen LogP contribution >= 0.6 is 0 Å². The average Bonchev–Trinajstić information content (AvgIpc) is 2.76. The maximum Gasteiger partial charge on any atom is 0.233 e. The quantitative estimate of drug-likeness (QED) is 0.711. The van der Waals surface area contributed by atoms with Gasteiger partial charge in [-0.15, -0.1) is 0 Å². The maximum atomic E-state index is 12.3. The maximum absolute atomic E-state index is 12.3. The fourth-order valence-electron chi connectivity index (χ4n) is 2.01. The Labute approximate surface area is 99.9 Å². The van der Waals surface area contributed by atoms with Crippen LogP contribution in [0.5, 0.6) is 0 Å². The highest BCUT2D eigenvalue weighted by molar-refractivity contribution is 5.95. The number of nitrogens with two attached hydrogens (primary N) is 1. The zero-order valence-electron chi connectivity index (χ0n) is 9.95. The van der Waals surface area contributed by atoms with E-state index in [1.165, 1.54) is 0 Å². The molecule has 0 spiro atoms. The normalized spacial score (nSPS) is 18.9. The Hall–Kier alpha value is -1.40. The van der Waals surface area contributed by atoms with Crippen LogP contribution in [0.3, 0.4) is 0 Å². The first-order chi connectivity index (χ1) is 8.18. The molecule has 4 N–H and O–H groups in total. The number of rotatable bonds is 3. The molecular formula is C11H18N4O2. The van der Waals surface area contributed by atoms with Crippen molar-refractivity contribution in [1.82, 2.24) is 10.2 Å². The van der Waals surface area contributed by atoms with Gasteiger partial charge in [-0.05, 0) is 19.8 Å². The minimum absolute atomic E-state index is 0.0457. The Balaban J connectivity index is 2.10. The third kappa shape index (κ3) is 2.32. The Morgan fingerprint density at radius 3 is 2.88 bits per heavy atom. The van der Waals surface area contributed by atoms with Crippen molar-refractivity contribution in [1.29, 1.82) is 0 Å². The molecule has 1 aromatic rings. The molecule has 0 bridgehead atoms. The molecule has 6 heteroatoms. The zero-order valence-corrected chi connectivity index (χ0v) is 9.95. The van der Waals surface area contributed by atoms with E-state index >= 15 is 0 Å². The molecule has 0 saturated carbocycles. The molecular weight excluding hydrogens is 220 g/mol. The van der Waals surface area contributed by atoms with E-state index in [0.29, 0.717) is 38.4 Å². The summed E-state index contributed by atoms with van der Waals surface area (Å²) in [4.78, 5) is 12.3. The number of aryl methyl sites for hydroxylation is 1. The highest BCUT2D eigenvalue weighted by Crippen LogP contribution is 2.30. The van der Waals surface area contributed by atoms with Crippen LogP contribution in [0, 0.1) is 12.3 Å². The summed E-state index contributed by atoms with van der Waals surface area (Å²) in [7, 11) is 0. The van der Waals surface area contributed by atoms with Gasteiger partial charge in [-0.25, -0.2) is 0 Å². The van der Waals surface area contributed by atoms with E-state index in [1.807, 2.05) is 6.92 Å². The molecule has 2 heterocycles. The number of anilines is 1. The van der Waals surface area contributed by atoms with E-state index < -0.39 is 5.41 Å². The predicted octanol–water partition coefficient (Wildman–Crippen LogP) is 0.412. The summed E-state index contributed by atoms with van der Waals surface area (Å²) < 4.78 is 5.28. The number of ether oxygens (including phenoxy) is 1. The van der Waals surface area contributed by atoms with E-state index in [4.69, 9.17) is 10.5 Å². The minimum Gasteiger partial charge on any atom is -0.381 e. The first-order valence-corrected chi connectivity index (χ1v) is 5.77. The number of amides is 1. The van der Waals surface area contributed by atoms with Gasteiger partial charge in [0.15, 0.2) is 0 Å². The van der Waals surface area contributed by atoms with Crippen LogP contribution in [0.2, 0.25) is 0 Å². The molecule has 1 amide bonds. The van der Waals surface area contributed by atoms with Crippen molar-refractivity contribution in [3.05, 3.63) is 11.8 Å². The van der Waals surface area contributed by atoms with Gasteiger partial charge in [-0.2, -0.15) is 5.10 Å². The van der Waals surface area contributed by atoms with E-state index in [1.54, 1.807) is 6.20 Å². The van der Waals surface area contributed by atoms with Crippen molar-refractivity contribution in [2.75, 3.05) is 25.1 Å². The number of aromatic amines is 1. The predicted molar refractivity (Wildman–Crippen MR) is 63.5 cm³/mol. The summed E-state index contributed by atoms with van der Waals surface area (Å²) >= 11 is 0. The Morgan fingerprint density at radius 1 is 1.65 bits per heavy atom. The van der Waals surface area contributed by atoms with Crippen LogP contribution in [-0.4, -0.2) is 35.9 Å². The van der Waals surface area contributed by atoms with Gasteiger partial charge in [0.25, 0.3) is 0 Å². The van der Waals surface area contributed by atoms with E-state index in [2.05, 4.69) is 15.5 Å². The number of carbonyl (C=O) groups is 1. The molecule has 1 saturated heterocycles. The van der Waals surface area contributed by atoms with Crippen molar-refractivity contribution in [3.8, 4) is 0 Å². The molecule has 0 unspecified atom stereocenters. The third-order valence-corrected chi connectivity index (χ3v) is 3.39. The second-order valence-corrected chi connectivity index (χ2v) is 4.48. The first kappa shape index (κ1) is 12.1. The lowest BCUT2D eigenvalue weighted by Gasteiger charge is -2.34. The molecule has 1 fully saturated rings. The van der Waals surface area contributed by atoms with Gasteiger partial charge in [0.2, 0.25) is 5.91 Å². The number of hydrogen-bond acceptors (Lipinski definition) is 4. The zero-order chi connectivity index (χ0) is 12.3. The topological polar surface area (TPSA) is 93.0 Å². The average molecular weight is 238 g/mol. The molecule has 0 aliphatic carbocycles. The second kappa shape index (κ2) is 4.85. The standard InChI is InChI=1S/C11H18N4O2/c1-8-6-13-15-9(8)14-10(16)11(7-12)2-4-17-5-3-11/h6H,2-5,7,12H2,1H3,(H2,13,14,15,16). The van der Waals surface area contributed by atoms with Gasteiger partial charge in [0.1, 0.15) is 5.82 Å². The summed E-state index contributed by atoms with van der Waals surface area (Å²) in [5, 5.41) is 9.49. The summed E-state index contributed by atoms with van der Waals surface area (Å²) in [6, 6.07) is 0. The molecule has 0 radical (unpaired) electrons. The number of nitrogens with one attached hydrogen (secondary N) is 2. The highest BCUT2D eigenvalue weighted by atomic mass is 16.5. The van der Waals surface area contributed by atoms with Gasteiger partial charge in [0.05, 0.1) is 11.6 Å². The van der Waals surface area contributed by atoms with E-state index in [0.717, 1.165) is 5.56 Å². The second-order valence-electron chi connectivity index (χ2n) is 4.48. The number of carbonyl (C=O) groups excluding carboxylic acids is 1. The van der Waals surface area contributed by atoms with Gasteiger partial charge >= 0.3 is 0 Å². The van der Waals surface area contributed by atoms with Crippen molar-refractivity contribution in [2.24, 2.45) is 11.1 Å². The molecule has 2 rings (SSSR count). The summed E-state index contributed by atoms with van der Waals surface area (Å²) in [6.07, 6.45) is 3.01. The van der Waals surface area contributed by atoms with Crippen LogP contribution in [0.1, 0.15) is 18.4 Å². The smallest absolute Gasteiger partial charge is 0.233 e. The Morgan fingerprint density at radius 2 is 2.35 bits per heavy atom. The Kier molecular flexibility index (Phi) is 3.44. The van der Waals surface area contributed by atoms with E-state index in [9.17, 15) is 4.79 Å². The monoisotopic (exact) mass is 238 g/mol. The van der Waals surface area contributed by atoms with Crippen molar-refractivity contribution in [2.45, 2.75) is 19.8 Å². The van der Waals surface area contributed by atoms with Crippen LogP contribution in [0.25, 0.3) is 0 Å². The van der Waals surface area contributed by atoms with Crippen LogP contribution < -0.4 is 11.1 Å². The SMILES string of the molecule is Cc1cn[nH]c1NC(=O)C1(CN)CCOCC1. The summed E-state index contributed by atoms with van der Waals surface area (Å²) in [5.41, 5.74) is 6.17. The molecule has 0 aromatic carbocycles. The van der Waals surface area contributed by atoms with Crippen LogP contribution in [0.4, 0.5) is 5.82 Å². The molecule has 6 nitrogen and oxygen atoms in total. The fourth-order valence-corrected chi connectivity index (χ4v) is 2.01. The summed E-state index contributed by atoms with van der Waals surface area (Å²) in [6.45, 7) is 3.41. The molecule has 1 aliphatic rings. The number of hydrogen-bond donors (Lipinski definition) is 3. The number of H-pyrrole nitrogens is 1. The fraction of sp³-hybridized carbons (Fsp3) is 0.636. The van der Waals surface area contributed by atoms with Crippen molar-refractivity contribution in [3.63, 3.8) is 0 Å². The van der Waals surface area contributed by atoms with Gasteiger partial charge in [0, 0.05) is 25.3 Å². The molecule has 17 heavy (non-hydrogen) atoms. The van der Waals surface area contributed by atoms with E-state index in [-0.39, 0.29) is 5.91 Å². The van der Waals surface area contributed by atoms with Crippen molar-refractivity contribution >= 4 is 11.7 Å². The highest BCUT2D eigenvalue weighted by Gasteiger charge is 2.39. The minimum atomic E-state index is -0.504. The number of nitrogens with zero attached hydrogens (tertiary/aromatic N) is 1. The van der Waals surface area contributed by atoms with Gasteiger partial charge < -0.3 is 15.8 Å². The molecule has 1 aromatic heterocycles. The molecule has 1 aliphatic heterocycles. The lowest BCUT2D eigenvalue weighted by molar-refractivity contribution is -0.130. The summed E-state index contributed by atoms with van der Waals surface area (Å²) in [5.74, 6) is 0.602. The van der Waals surface area contributed by atoms with Crippen LogP contribution in [-0.2, 0) is 9.53 Å². The Bertz CT molecular complexity index is 396. The third-order valence-electron chi connectivity index (χ3n) is 3.39. The van der Waals surface area contributed by atoms with Gasteiger partial charge in [-0.3, -0.25) is 9.89 Å². The first-order valence-electron chi connectivity index (χ1n) is 5.77. The lowest BCUT2D eigenvalue weighted by Crippen LogP contribution is -2.46. The van der Waals surface area contributed by atoms with Crippen molar-refractivity contribution < 1.29 is 9.53 Å². The molecule has 94 valence electrons. The number of aromatic nitrogens is 2. The van der Waals surface area contributed by atoms with Crippen LogP contribution in [0.15, 0.2) is 6.20 Å². The lowest BCUT2D eigenvalue weighted by atomic mass is 9.79. The largest absolute Gasteiger partial charge is 0.381 e. The van der Waals surface area contributed by atoms with Gasteiger partial charge in [-0.1, -0.05) is 0 Å².